The molecule has 7 heteroatoms. The van der Waals surface area contributed by atoms with Crippen LogP contribution in [0.1, 0.15) is 29.3 Å². The number of aliphatic hydroxyl groups is 1. The van der Waals surface area contributed by atoms with Crippen LogP contribution in [0.3, 0.4) is 0 Å². The van der Waals surface area contributed by atoms with Crippen LogP contribution in [0.2, 0.25) is 0 Å². The fourth-order valence-corrected chi connectivity index (χ4v) is 3.12. The van der Waals surface area contributed by atoms with E-state index in [9.17, 15) is 13.2 Å². The maximum absolute atomic E-state index is 11.9. The lowest BCUT2D eigenvalue weighted by molar-refractivity contribution is 0.0600. The Bertz CT molecular complexity index is 552. The minimum absolute atomic E-state index is 0.252. The molecule has 0 aliphatic heterocycles. The number of sulfonamides is 1. The van der Waals surface area contributed by atoms with Gasteiger partial charge in [0.05, 0.1) is 25.0 Å². The number of nitrogens with one attached hydrogen (secondary N) is 1. The van der Waals surface area contributed by atoms with Gasteiger partial charge in [-0.15, -0.1) is 0 Å². The molecule has 0 unspecified atom stereocenters. The summed E-state index contributed by atoms with van der Waals surface area (Å²) in [5.74, 6) is -0.770. The molecule has 1 aromatic carbocycles. The smallest absolute Gasteiger partial charge is 0.337 e. The summed E-state index contributed by atoms with van der Waals surface area (Å²) < 4.78 is 30.9. The zero-order valence-electron chi connectivity index (χ0n) is 11.5. The lowest BCUT2D eigenvalue weighted by Crippen LogP contribution is -2.37. The Labute approximate surface area is 118 Å². The quantitative estimate of drug-likeness (QED) is 0.722. The fraction of sp³-hybridized carbons (Fsp3) is 0.462. The normalized spacial score (nSPS) is 12.9. The van der Waals surface area contributed by atoms with Crippen LogP contribution in [-0.4, -0.2) is 39.3 Å². The number of methoxy groups -OCH3 is 1. The summed E-state index contributed by atoms with van der Waals surface area (Å²) in [6, 6.07) is 5.75. The van der Waals surface area contributed by atoms with E-state index in [1.807, 2.05) is 0 Å². The highest BCUT2D eigenvalue weighted by Gasteiger charge is 2.17. The van der Waals surface area contributed by atoms with Gasteiger partial charge in [-0.2, -0.15) is 0 Å². The third kappa shape index (κ3) is 4.92. The summed E-state index contributed by atoms with van der Waals surface area (Å²) in [5, 5.41) is 9.02. The van der Waals surface area contributed by atoms with E-state index >= 15 is 0 Å². The Hall–Kier alpha value is -1.44. The van der Waals surface area contributed by atoms with Crippen LogP contribution in [0, 0.1) is 0 Å². The molecule has 0 saturated heterocycles. The maximum Gasteiger partial charge on any atom is 0.337 e. The van der Waals surface area contributed by atoms with Gasteiger partial charge in [-0.25, -0.2) is 17.9 Å². The third-order valence-electron chi connectivity index (χ3n) is 2.76. The first kappa shape index (κ1) is 16.6. The molecule has 2 N–H and O–H groups in total. The zero-order chi connectivity index (χ0) is 15.2. The van der Waals surface area contributed by atoms with Crippen LogP contribution in [0.4, 0.5) is 0 Å². The van der Waals surface area contributed by atoms with Gasteiger partial charge in [0.2, 0.25) is 10.0 Å². The molecule has 0 amide bonds. The Morgan fingerprint density at radius 1 is 1.45 bits per heavy atom. The van der Waals surface area contributed by atoms with E-state index < -0.39 is 22.0 Å². The van der Waals surface area contributed by atoms with Crippen LogP contribution >= 0.6 is 0 Å². The summed E-state index contributed by atoms with van der Waals surface area (Å²) in [7, 11) is -2.31. The van der Waals surface area contributed by atoms with E-state index in [-0.39, 0.29) is 12.4 Å². The van der Waals surface area contributed by atoms with Crippen LogP contribution < -0.4 is 4.72 Å². The molecule has 0 bridgehead atoms. The highest BCUT2D eigenvalue weighted by molar-refractivity contribution is 7.88. The second-order valence-electron chi connectivity index (χ2n) is 4.36. The lowest BCUT2D eigenvalue weighted by atomic mass is 10.1. The van der Waals surface area contributed by atoms with Gasteiger partial charge in [0.25, 0.3) is 0 Å². The Morgan fingerprint density at radius 3 is 2.70 bits per heavy atom. The summed E-state index contributed by atoms with van der Waals surface area (Å²) in [5.41, 5.74) is 0.780. The molecule has 1 atom stereocenters. The van der Waals surface area contributed by atoms with Crippen LogP contribution in [0.25, 0.3) is 0 Å². The number of carbonyl (C=O) groups is 1. The van der Waals surface area contributed by atoms with E-state index in [1.54, 1.807) is 25.1 Å². The van der Waals surface area contributed by atoms with E-state index in [4.69, 9.17) is 5.11 Å². The standard InChI is InChI=1S/C13H19NO5S/c1-3-12(8-15)14-20(17,18)9-10-5-4-6-11(7-10)13(16)19-2/h4-7,12,14-15H,3,8-9H2,1-2H3/t12-/m1/s1. The zero-order valence-corrected chi connectivity index (χ0v) is 12.3. The van der Waals surface area contributed by atoms with E-state index in [1.165, 1.54) is 13.2 Å². The van der Waals surface area contributed by atoms with E-state index in [0.29, 0.717) is 17.5 Å². The van der Waals surface area contributed by atoms with Crippen molar-refractivity contribution in [1.29, 1.82) is 0 Å². The number of carbonyl (C=O) groups excluding carboxylic acids is 1. The fourth-order valence-electron chi connectivity index (χ4n) is 1.67. The summed E-state index contributed by atoms with van der Waals surface area (Å²) in [4.78, 5) is 11.4. The van der Waals surface area contributed by atoms with Crippen LogP contribution in [0.5, 0.6) is 0 Å². The van der Waals surface area contributed by atoms with Crippen molar-refractivity contribution in [2.24, 2.45) is 0 Å². The second kappa shape index (κ2) is 7.37. The molecule has 0 aromatic heterocycles. The first-order valence-corrected chi connectivity index (χ1v) is 7.85. The molecule has 0 radical (unpaired) electrons. The Balaban J connectivity index is 2.84. The number of esters is 1. The van der Waals surface area contributed by atoms with Gasteiger partial charge in [0.1, 0.15) is 0 Å². The van der Waals surface area contributed by atoms with Crippen molar-refractivity contribution in [3.05, 3.63) is 35.4 Å². The average molecular weight is 301 g/mol. The average Bonchev–Trinajstić information content (AvgIpc) is 2.43. The van der Waals surface area contributed by atoms with Crippen molar-refractivity contribution in [1.82, 2.24) is 4.72 Å². The predicted molar refractivity (Wildman–Crippen MR) is 74.7 cm³/mol. The van der Waals surface area contributed by atoms with Gasteiger partial charge in [-0.3, -0.25) is 0 Å². The van der Waals surface area contributed by atoms with Crippen molar-refractivity contribution in [3.8, 4) is 0 Å². The second-order valence-corrected chi connectivity index (χ2v) is 6.11. The molecule has 0 aliphatic carbocycles. The van der Waals surface area contributed by atoms with Gasteiger partial charge >= 0.3 is 5.97 Å². The first-order chi connectivity index (χ1) is 9.41. The van der Waals surface area contributed by atoms with Crippen molar-refractivity contribution in [2.45, 2.75) is 25.1 Å². The van der Waals surface area contributed by atoms with E-state index in [0.717, 1.165) is 0 Å². The number of hydrogen-bond acceptors (Lipinski definition) is 5. The summed E-state index contributed by atoms with van der Waals surface area (Å²) in [6.07, 6.45) is 0.498. The summed E-state index contributed by atoms with van der Waals surface area (Å²) in [6.45, 7) is 1.53. The van der Waals surface area contributed by atoms with Gasteiger partial charge in [0.15, 0.2) is 0 Å². The van der Waals surface area contributed by atoms with Crippen LogP contribution in [-0.2, 0) is 20.5 Å². The summed E-state index contributed by atoms with van der Waals surface area (Å²) >= 11 is 0. The molecule has 0 saturated carbocycles. The van der Waals surface area contributed by atoms with E-state index in [2.05, 4.69) is 9.46 Å². The van der Waals surface area contributed by atoms with Crippen molar-refractivity contribution in [2.75, 3.05) is 13.7 Å². The molecule has 1 rings (SSSR count). The molecule has 0 spiro atoms. The molecular formula is C13H19NO5S. The maximum atomic E-state index is 11.9. The monoisotopic (exact) mass is 301 g/mol. The van der Waals surface area contributed by atoms with Gasteiger partial charge in [0, 0.05) is 6.04 Å². The van der Waals surface area contributed by atoms with Gasteiger partial charge in [-0.05, 0) is 24.1 Å². The Morgan fingerprint density at radius 2 is 2.15 bits per heavy atom. The number of hydrogen-bond donors (Lipinski definition) is 2. The SMILES string of the molecule is CC[C@H](CO)NS(=O)(=O)Cc1cccc(C(=O)OC)c1. The van der Waals surface area contributed by atoms with Crippen molar-refractivity contribution >= 4 is 16.0 Å². The molecule has 6 nitrogen and oxygen atoms in total. The first-order valence-electron chi connectivity index (χ1n) is 6.20. The number of rotatable bonds is 7. The molecule has 0 heterocycles. The number of aliphatic hydroxyl groups excluding tert-OH is 1. The minimum Gasteiger partial charge on any atom is -0.465 e. The van der Waals surface area contributed by atoms with Crippen LogP contribution in [0.15, 0.2) is 24.3 Å². The van der Waals surface area contributed by atoms with Crippen molar-refractivity contribution < 1.29 is 23.1 Å². The third-order valence-corrected chi connectivity index (χ3v) is 4.17. The molecular weight excluding hydrogens is 282 g/mol. The molecule has 1 aromatic rings. The largest absolute Gasteiger partial charge is 0.465 e. The molecule has 0 aliphatic rings. The lowest BCUT2D eigenvalue weighted by Gasteiger charge is -2.14. The molecule has 0 fully saturated rings. The van der Waals surface area contributed by atoms with Gasteiger partial charge < -0.3 is 9.84 Å². The molecule has 112 valence electrons. The number of ether oxygens (including phenoxy) is 1. The Kier molecular flexibility index (Phi) is 6.12. The topological polar surface area (TPSA) is 92.7 Å². The highest BCUT2D eigenvalue weighted by Crippen LogP contribution is 2.10. The van der Waals surface area contributed by atoms with Gasteiger partial charge in [-0.1, -0.05) is 19.1 Å². The minimum atomic E-state index is -3.57. The van der Waals surface area contributed by atoms with Crippen molar-refractivity contribution in [3.63, 3.8) is 0 Å². The highest BCUT2D eigenvalue weighted by atomic mass is 32.2. The number of benzene rings is 1. The molecule has 20 heavy (non-hydrogen) atoms. The predicted octanol–water partition coefficient (Wildman–Crippen LogP) is 0.663.